The molecule has 0 aliphatic heterocycles. The van der Waals surface area contributed by atoms with Crippen LogP contribution < -0.4 is 5.32 Å². The molecule has 2 aromatic carbocycles. The largest absolute Gasteiger partial charge is 0.444 e. The number of amides is 1. The second-order valence-electron chi connectivity index (χ2n) is 6.52. The number of carbonyl (C=O) groups is 1. The lowest BCUT2D eigenvalue weighted by Gasteiger charge is -2.06. The van der Waals surface area contributed by atoms with Crippen LogP contribution in [0.25, 0.3) is 11.5 Å². The van der Waals surface area contributed by atoms with Gasteiger partial charge in [0.25, 0.3) is 0 Å². The van der Waals surface area contributed by atoms with Crippen molar-refractivity contribution in [3.05, 3.63) is 96.4 Å². The summed E-state index contributed by atoms with van der Waals surface area (Å²) >= 11 is 0. The Morgan fingerprint density at radius 3 is 2.57 bits per heavy atom. The van der Waals surface area contributed by atoms with Crippen LogP contribution in [-0.4, -0.2) is 20.4 Å². The van der Waals surface area contributed by atoms with E-state index in [1.54, 1.807) is 12.5 Å². The van der Waals surface area contributed by atoms with Crippen LogP contribution >= 0.6 is 0 Å². The second kappa shape index (κ2) is 8.35. The standard InChI is InChI=1S/C22H20N4O2/c27-21(12-20-15-28-22(25-20)19-4-2-1-3-5-19)24-13-17-6-8-18(9-7-17)14-26-11-10-23-16-26/h1-11,15-16H,12-14H2,(H,24,27). The van der Waals surface area contributed by atoms with Gasteiger partial charge in [0.2, 0.25) is 11.8 Å². The molecule has 4 rings (SSSR count). The van der Waals surface area contributed by atoms with Gasteiger partial charge in [-0.3, -0.25) is 4.79 Å². The molecule has 0 spiro atoms. The Balaban J connectivity index is 1.28. The molecule has 0 fully saturated rings. The number of aromatic nitrogens is 3. The number of carbonyl (C=O) groups excluding carboxylic acids is 1. The van der Waals surface area contributed by atoms with Crippen molar-refractivity contribution in [2.75, 3.05) is 0 Å². The number of nitrogens with one attached hydrogen (secondary N) is 1. The van der Waals surface area contributed by atoms with Gasteiger partial charge in [-0.15, -0.1) is 0 Å². The zero-order valence-corrected chi connectivity index (χ0v) is 15.3. The van der Waals surface area contributed by atoms with Crippen molar-refractivity contribution in [1.29, 1.82) is 0 Å². The molecule has 6 heteroatoms. The van der Waals surface area contributed by atoms with Gasteiger partial charge in [-0.05, 0) is 23.3 Å². The molecule has 28 heavy (non-hydrogen) atoms. The maximum atomic E-state index is 12.2. The third-order valence-corrected chi connectivity index (χ3v) is 4.35. The monoisotopic (exact) mass is 372 g/mol. The fraction of sp³-hybridized carbons (Fsp3) is 0.136. The number of hydrogen-bond donors (Lipinski definition) is 1. The average Bonchev–Trinajstić information content (AvgIpc) is 3.40. The molecule has 0 aliphatic carbocycles. The number of oxazole rings is 1. The fourth-order valence-corrected chi connectivity index (χ4v) is 2.88. The van der Waals surface area contributed by atoms with Crippen molar-refractivity contribution in [1.82, 2.24) is 19.9 Å². The number of benzene rings is 2. The molecule has 1 N–H and O–H groups in total. The Hall–Kier alpha value is -3.67. The summed E-state index contributed by atoms with van der Waals surface area (Å²) in [5.41, 5.74) is 3.74. The third-order valence-electron chi connectivity index (χ3n) is 4.35. The van der Waals surface area contributed by atoms with Gasteiger partial charge >= 0.3 is 0 Å². The minimum atomic E-state index is -0.0876. The van der Waals surface area contributed by atoms with E-state index in [1.807, 2.05) is 53.2 Å². The predicted octanol–water partition coefficient (Wildman–Crippen LogP) is 3.45. The lowest BCUT2D eigenvalue weighted by atomic mass is 10.1. The SMILES string of the molecule is O=C(Cc1coc(-c2ccccc2)n1)NCc1ccc(Cn2ccnc2)cc1. The fourth-order valence-electron chi connectivity index (χ4n) is 2.88. The van der Waals surface area contributed by atoms with E-state index in [0.717, 1.165) is 17.7 Å². The topological polar surface area (TPSA) is 73.0 Å². The van der Waals surface area contributed by atoms with Crippen molar-refractivity contribution < 1.29 is 9.21 Å². The number of nitrogens with zero attached hydrogens (tertiary/aromatic N) is 3. The number of hydrogen-bond acceptors (Lipinski definition) is 4. The van der Waals surface area contributed by atoms with Crippen LogP contribution in [-0.2, 0) is 24.3 Å². The maximum Gasteiger partial charge on any atom is 0.226 e. The van der Waals surface area contributed by atoms with Crippen molar-refractivity contribution in [2.24, 2.45) is 0 Å². The van der Waals surface area contributed by atoms with E-state index in [4.69, 9.17) is 4.42 Å². The summed E-state index contributed by atoms with van der Waals surface area (Å²) in [4.78, 5) is 20.6. The zero-order valence-electron chi connectivity index (χ0n) is 15.3. The molecule has 2 heterocycles. The lowest BCUT2D eigenvalue weighted by Crippen LogP contribution is -2.24. The smallest absolute Gasteiger partial charge is 0.226 e. The Bertz CT molecular complexity index is 1020. The van der Waals surface area contributed by atoms with Gasteiger partial charge < -0.3 is 14.3 Å². The van der Waals surface area contributed by atoms with Gasteiger partial charge in [0.1, 0.15) is 6.26 Å². The number of rotatable bonds is 7. The number of imidazole rings is 1. The highest BCUT2D eigenvalue weighted by Gasteiger charge is 2.10. The van der Waals surface area contributed by atoms with Crippen molar-refractivity contribution >= 4 is 5.91 Å². The molecule has 6 nitrogen and oxygen atoms in total. The molecule has 0 saturated carbocycles. The molecule has 0 atom stereocenters. The van der Waals surface area contributed by atoms with E-state index in [0.29, 0.717) is 18.1 Å². The Labute approximate surface area is 162 Å². The van der Waals surface area contributed by atoms with E-state index in [1.165, 1.54) is 11.8 Å². The first kappa shape index (κ1) is 17.7. The molecule has 0 unspecified atom stereocenters. The van der Waals surface area contributed by atoms with Gasteiger partial charge in [0.15, 0.2) is 0 Å². The molecule has 140 valence electrons. The highest BCUT2D eigenvalue weighted by molar-refractivity contribution is 5.78. The lowest BCUT2D eigenvalue weighted by molar-refractivity contribution is -0.120. The van der Waals surface area contributed by atoms with Crippen molar-refractivity contribution in [3.8, 4) is 11.5 Å². The summed E-state index contributed by atoms with van der Waals surface area (Å²) in [6, 6.07) is 17.8. The molecule has 0 bridgehead atoms. The van der Waals surface area contributed by atoms with Gasteiger partial charge in [0, 0.05) is 31.0 Å². The molecule has 0 saturated heterocycles. The summed E-state index contributed by atoms with van der Waals surface area (Å²) < 4.78 is 7.49. The summed E-state index contributed by atoms with van der Waals surface area (Å²) in [6.45, 7) is 1.26. The normalized spacial score (nSPS) is 10.7. The van der Waals surface area contributed by atoms with Crippen LogP contribution in [0, 0.1) is 0 Å². The average molecular weight is 372 g/mol. The first-order valence-corrected chi connectivity index (χ1v) is 9.06. The van der Waals surface area contributed by atoms with Crippen LogP contribution in [0.3, 0.4) is 0 Å². The van der Waals surface area contributed by atoms with Crippen LogP contribution in [0.5, 0.6) is 0 Å². The van der Waals surface area contributed by atoms with Crippen molar-refractivity contribution in [2.45, 2.75) is 19.5 Å². The minimum Gasteiger partial charge on any atom is -0.444 e. The molecular formula is C22H20N4O2. The van der Waals surface area contributed by atoms with E-state index >= 15 is 0 Å². The highest BCUT2D eigenvalue weighted by atomic mass is 16.3. The molecule has 0 aliphatic rings. The summed E-state index contributed by atoms with van der Waals surface area (Å²) in [6.07, 6.45) is 7.21. The molecule has 4 aromatic rings. The van der Waals surface area contributed by atoms with E-state index < -0.39 is 0 Å². The van der Waals surface area contributed by atoms with E-state index in [9.17, 15) is 4.79 Å². The maximum absolute atomic E-state index is 12.2. The van der Waals surface area contributed by atoms with Gasteiger partial charge in [-0.1, -0.05) is 42.5 Å². The molecule has 2 aromatic heterocycles. The van der Waals surface area contributed by atoms with E-state index in [2.05, 4.69) is 27.4 Å². The first-order valence-electron chi connectivity index (χ1n) is 9.06. The summed E-state index contributed by atoms with van der Waals surface area (Å²) in [7, 11) is 0. The Morgan fingerprint density at radius 1 is 1.04 bits per heavy atom. The van der Waals surface area contributed by atoms with Gasteiger partial charge in [-0.25, -0.2) is 9.97 Å². The zero-order chi connectivity index (χ0) is 19.2. The predicted molar refractivity (Wildman–Crippen MR) is 105 cm³/mol. The summed E-state index contributed by atoms with van der Waals surface area (Å²) in [5, 5.41) is 2.93. The summed E-state index contributed by atoms with van der Waals surface area (Å²) in [5.74, 6) is 0.437. The minimum absolute atomic E-state index is 0.0876. The van der Waals surface area contributed by atoms with E-state index in [-0.39, 0.29) is 12.3 Å². The second-order valence-corrected chi connectivity index (χ2v) is 6.52. The third kappa shape index (κ3) is 4.54. The van der Waals surface area contributed by atoms with Gasteiger partial charge in [-0.2, -0.15) is 0 Å². The molecular weight excluding hydrogens is 352 g/mol. The van der Waals surface area contributed by atoms with Crippen LogP contribution in [0.4, 0.5) is 0 Å². The van der Waals surface area contributed by atoms with Crippen LogP contribution in [0.1, 0.15) is 16.8 Å². The van der Waals surface area contributed by atoms with Gasteiger partial charge in [0.05, 0.1) is 18.4 Å². The Morgan fingerprint density at radius 2 is 1.82 bits per heavy atom. The van der Waals surface area contributed by atoms with Crippen molar-refractivity contribution in [3.63, 3.8) is 0 Å². The molecule has 0 radical (unpaired) electrons. The Kier molecular flexibility index (Phi) is 5.29. The highest BCUT2D eigenvalue weighted by Crippen LogP contribution is 2.18. The van der Waals surface area contributed by atoms with Crippen LogP contribution in [0.15, 0.2) is 84.0 Å². The molecule has 1 amide bonds. The quantitative estimate of drug-likeness (QED) is 0.539. The van der Waals surface area contributed by atoms with Crippen LogP contribution in [0.2, 0.25) is 0 Å². The first-order chi connectivity index (χ1) is 13.8.